The number of esters is 1. The zero-order valence-electron chi connectivity index (χ0n) is 16.1. The number of hydrogen-bond acceptors (Lipinski definition) is 4. The number of nitrogens with zero attached hydrogens (tertiary/aromatic N) is 2. The van der Waals surface area contributed by atoms with Crippen LogP contribution in [0, 0.1) is 0 Å². The molecule has 0 fully saturated rings. The third kappa shape index (κ3) is 13.8. The summed E-state index contributed by atoms with van der Waals surface area (Å²) in [6, 6.07) is 0.395. The van der Waals surface area contributed by atoms with Crippen LogP contribution >= 0.6 is 24.0 Å². The molecule has 0 aromatic carbocycles. The summed E-state index contributed by atoms with van der Waals surface area (Å²) in [6.07, 6.45) is 4.54. The molecule has 0 aliphatic heterocycles. The molecular formula is C17H37IN4O2. The fourth-order valence-corrected chi connectivity index (χ4v) is 2.36. The molecule has 0 saturated heterocycles. The number of aliphatic imine (C=N–C) groups is 1. The van der Waals surface area contributed by atoms with Crippen molar-refractivity contribution in [2.24, 2.45) is 4.99 Å². The predicted molar refractivity (Wildman–Crippen MR) is 112 cm³/mol. The van der Waals surface area contributed by atoms with Gasteiger partial charge in [0.15, 0.2) is 5.96 Å². The van der Waals surface area contributed by atoms with E-state index in [1.807, 2.05) is 0 Å². The zero-order chi connectivity index (χ0) is 17.5. The first-order valence-electron chi connectivity index (χ1n) is 8.83. The van der Waals surface area contributed by atoms with Gasteiger partial charge in [0.2, 0.25) is 0 Å². The van der Waals surface area contributed by atoms with E-state index in [1.54, 1.807) is 7.05 Å². The Morgan fingerprint density at radius 1 is 1.21 bits per heavy atom. The molecular weight excluding hydrogens is 419 g/mol. The molecule has 0 heterocycles. The lowest BCUT2D eigenvalue weighted by molar-refractivity contribution is -0.140. The number of carbonyl (C=O) groups is 1. The van der Waals surface area contributed by atoms with Gasteiger partial charge >= 0.3 is 5.97 Å². The second-order valence-electron chi connectivity index (χ2n) is 5.75. The van der Waals surface area contributed by atoms with Crippen molar-refractivity contribution in [3.05, 3.63) is 0 Å². The summed E-state index contributed by atoms with van der Waals surface area (Å²) in [4.78, 5) is 17.7. The van der Waals surface area contributed by atoms with E-state index >= 15 is 0 Å². The SMILES string of the molecule is CCN(CC)CCCC(C)NC(=NC)NCCCCC(=O)OC.I. The minimum Gasteiger partial charge on any atom is -0.469 e. The van der Waals surface area contributed by atoms with Gasteiger partial charge in [0.05, 0.1) is 7.11 Å². The zero-order valence-corrected chi connectivity index (χ0v) is 18.4. The number of unbranched alkanes of at least 4 members (excludes halogenated alkanes) is 1. The molecule has 0 amide bonds. The van der Waals surface area contributed by atoms with E-state index in [0.717, 1.165) is 51.4 Å². The van der Waals surface area contributed by atoms with E-state index in [1.165, 1.54) is 13.5 Å². The minimum atomic E-state index is -0.144. The molecule has 1 unspecified atom stereocenters. The number of rotatable bonds is 12. The normalized spacial score (nSPS) is 12.5. The molecule has 7 heteroatoms. The Morgan fingerprint density at radius 3 is 2.42 bits per heavy atom. The van der Waals surface area contributed by atoms with E-state index in [4.69, 9.17) is 0 Å². The van der Waals surface area contributed by atoms with Crippen LogP contribution in [0.4, 0.5) is 0 Å². The fourth-order valence-electron chi connectivity index (χ4n) is 2.36. The Labute approximate surface area is 165 Å². The fraction of sp³-hybridized carbons (Fsp3) is 0.882. The smallest absolute Gasteiger partial charge is 0.305 e. The number of halogens is 1. The van der Waals surface area contributed by atoms with Crippen LogP contribution in [0.5, 0.6) is 0 Å². The van der Waals surface area contributed by atoms with Gasteiger partial charge in [-0.15, -0.1) is 24.0 Å². The number of guanidine groups is 1. The Kier molecular flexibility index (Phi) is 18.5. The van der Waals surface area contributed by atoms with Crippen molar-refractivity contribution in [1.82, 2.24) is 15.5 Å². The van der Waals surface area contributed by atoms with E-state index < -0.39 is 0 Å². The lowest BCUT2D eigenvalue weighted by Crippen LogP contribution is -2.42. The number of nitrogens with one attached hydrogen (secondary N) is 2. The topological polar surface area (TPSA) is 66.0 Å². The van der Waals surface area contributed by atoms with Crippen molar-refractivity contribution in [3.63, 3.8) is 0 Å². The molecule has 0 aliphatic rings. The molecule has 144 valence electrons. The molecule has 0 aliphatic carbocycles. The van der Waals surface area contributed by atoms with Gasteiger partial charge in [-0.2, -0.15) is 0 Å². The first-order valence-corrected chi connectivity index (χ1v) is 8.83. The molecule has 2 N–H and O–H groups in total. The van der Waals surface area contributed by atoms with Crippen molar-refractivity contribution >= 4 is 35.9 Å². The number of ether oxygens (including phenoxy) is 1. The maximum atomic E-state index is 11.0. The lowest BCUT2D eigenvalue weighted by atomic mass is 10.2. The second kappa shape index (κ2) is 17.3. The predicted octanol–water partition coefficient (Wildman–Crippen LogP) is 2.62. The second-order valence-corrected chi connectivity index (χ2v) is 5.75. The molecule has 24 heavy (non-hydrogen) atoms. The van der Waals surface area contributed by atoms with Gasteiger partial charge in [-0.1, -0.05) is 13.8 Å². The van der Waals surface area contributed by atoms with Crippen LogP contribution in [-0.2, 0) is 9.53 Å². The van der Waals surface area contributed by atoms with Crippen LogP contribution in [0.2, 0.25) is 0 Å². The van der Waals surface area contributed by atoms with Crippen molar-refractivity contribution in [1.29, 1.82) is 0 Å². The summed E-state index contributed by atoms with van der Waals surface area (Å²) in [5.74, 6) is 0.688. The van der Waals surface area contributed by atoms with Gasteiger partial charge in [0.1, 0.15) is 0 Å². The summed E-state index contributed by atoms with van der Waals surface area (Å²) in [7, 11) is 3.21. The number of carbonyl (C=O) groups excluding carboxylic acids is 1. The van der Waals surface area contributed by atoms with Crippen LogP contribution < -0.4 is 10.6 Å². The highest BCUT2D eigenvalue weighted by Crippen LogP contribution is 2.00. The maximum Gasteiger partial charge on any atom is 0.305 e. The van der Waals surface area contributed by atoms with Crippen LogP contribution in [0.25, 0.3) is 0 Å². The van der Waals surface area contributed by atoms with Crippen molar-refractivity contribution in [2.75, 3.05) is 40.3 Å². The van der Waals surface area contributed by atoms with Gasteiger partial charge in [-0.3, -0.25) is 9.79 Å². The Morgan fingerprint density at radius 2 is 1.88 bits per heavy atom. The van der Waals surface area contributed by atoms with Gasteiger partial charge < -0.3 is 20.3 Å². The van der Waals surface area contributed by atoms with Crippen LogP contribution in [0.3, 0.4) is 0 Å². The monoisotopic (exact) mass is 456 g/mol. The molecule has 0 radical (unpaired) electrons. The third-order valence-corrected chi connectivity index (χ3v) is 3.94. The highest BCUT2D eigenvalue weighted by Gasteiger charge is 2.06. The average Bonchev–Trinajstić information content (AvgIpc) is 2.57. The maximum absolute atomic E-state index is 11.0. The summed E-state index contributed by atoms with van der Waals surface area (Å²) < 4.78 is 4.62. The van der Waals surface area contributed by atoms with Gasteiger partial charge in [-0.05, 0) is 52.2 Å². The van der Waals surface area contributed by atoms with Gasteiger partial charge in [-0.25, -0.2) is 0 Å². The van der Waals surface area contributed by atoms with Crippen LogP contribution in [0.15, 0.2) is 4.99 Å². The van der Waals surface area contributed by atoms with Crippen LogP contribution in [0.1, 0.15) is 52.9 Å². The van der Waals surface area contributed by atoms with E-state index in [-0.39, 0.29) is 29.9 Å². The summed E-state index contributed by atoms with van der Waals surface area (Å²) in [5.41, 5.74) is 0. The van der Waals surface area contributed by atoms with E-state index in [0.29, 0.717) is 12.5 Å². The van der Waals surface area contributed by atoms with Gasteiger partial charge in [0.25, 0.3) is 0 Å². The highest BCUT2D eigenvalue weighted by molar-refractivity contribution is 14.0. The highest BCUT2D eigenvalue weighted by atomic mass is 127. The van der Waals surface area contributed by atoms with Gasteiger partial charge in [0, 0.05) is 26.1 Å². The summed E-state index contributed by atoms with van der Waals surface area (Å²) >= 11 is 0. The number of hydrogen-bond donors (Lipinski definition) is 2. The minimum absolute atomic E-state index is 0. The summed E-state index contributed by atoms with van der Waals surface area (Å²) in [6.45, 7) is 10.8. The lowest BCUT2D eigenvalue weighted by Gasteiger charge is -2.21. The number of methoxy groups -OCH3 is 1. The van der Waals surface area contributed by atoms with Crippen molar-refractivity contribution in [3.8, 4) is 0 Å². The molecule has 0 rings (SSSR count). The van der Waals surface area contributed by atoms with Crippen LogP contribution in [-0.4, -0.2) is 63.2 Å². The van der Waals surface area contributed by atoms with E-state index in [2.05, 4.69) is 46.0 Å². The Bertz CT molecular complexity index is 337. The first kappa shape index (κ1) is 25.7. The Balaban J connectivity index is 0. The Hall–Kier alpha value is -0.570. The molecule has 1 atom stereocenters. The summed E-state index contributed by atoms with van der Waals surface area (Å²) in [5, 5.41) is 6.71. The molecule has 0 aromatic rings. The molecule has 6 nitrogen and oxygen atoms in total. The van der Waals surface area contributed by atoms with Crippen molar-refractivity contribution < 1.29 is 9.53 Å². The first-order chi connectivity index (χ1) is 11.1. The molecule has 0 spiro atoms. The third-order valence-electron chi connectivity index (χ3n) is 3.94. The average molecular weight is 456 g/mol. The molecule has 0 aromatic heterocycles. The largest absolute Gasteiger partial charge is 0.469 e. The molecule has 0 bridgehead atoms. The molecule has 0 saturated carbocycles. The quantitative estimate of drug-likeness (QED) is 0.155. The van der Waals surface area contributed by atoms with E-state index in [9.17, 15) is 4.79 Å². The van der Waals surface area contributed by atoms with Crippen molar-refractivity contribution in [2.45, 2.75) is 58.9 Å². The standard InChI is InChI=1S/C17H36N4O2.HI/c1-6-21(7-2)14-10-11-15(3)20-17(18-4)19-13-9-8-12-16(22)23-5;/h15H,6-14H2,1-5H3,(H2,18,19,20);1H.